The lowest BCUT2D eigenvalue weighted by molar-refractivity contribution is 0.474. The molecule has 0 aliphatic carbocycles. The zero-order chi connectivity index (χ0) is 11.7. The second-order valence-corrected chi connectivity index (χ2v) is 3.88. The van der Waals surface area contributed by atoms with Crippen LogP contribution in [0, 0.1) is 0 Å². The van der Waals surface area contributed by atoms with Gasteiger partial charge in [0.15, 0.2) is 11.5 Å². The average Bonchev–Trinajstić information content (AvgIpc) is 2.71. The van der Waals surface area contributed by atoms with E-state index in [-0.39, 0.29) is 5.75 Å². The fourth-order valence-corrected chi connectivity index (χ4v) is 1.80. The number of aromatic nitrogens is 3. The Bertz CT molecular complexity index is 627. The molecule has 0 bridgehead atoms. The van der Waals surface area contributed by atoms with Crippen molar-refractivity contribution < 1.29 is 5.11 Å². The van der Waals surface area contributed by atoms with E-state index in [1.165, 1.54) is 0 Å². The first-order valence-corrected chi connectivity index (χ1v) is 5.39. The minimum Gasteiger partial charge on any atom is -0.508 e. The van der Waals surface area contributed by atoms with Gasteiger partial charge in [0.05, 0.1) is 0 Å². The van der Waals surface area contributed by atoms with Crippen molar-refractivity contribution in [3.05, 3.63) is 60.0 Å². The third-order valence-electron chi connectivity index (χ3n) is 2.56. The Hall–Kier alpha value is -2.36. The SMILES string of the molecule is Oc1cccc(Cc2nc3ccccn3n2)c1. The van der Waals surface area contributed by atoms with Crippen LogP contribution in [0.15, 0.2) is 48.7 Å². The standard InChI is InChI=1S/C13H11N3O/c17-11-5-3-4-10(8-11)9-12-14-13-6-1-2-7-16(13)15-12/h1-8,17H,9H2. The Morgan fingerprint density at radius 3 is 2.88 bits per heavy atom. The van der Waals surface area contributed by atoms with Crippen LogP contribution >= 0.6 is 0 Å². The lowest BCUT2D eigenvalue weighted by Crippen LogP contribution is -1.91. The molecule has 0 spiro atoms. The molecule has 2 aromatic heterocycles. The summed E-state index contributed by atoms with van der Waals surface area (Å²) >= 11 is 0. The van der Waals surface area contributed by atoms with E-state index in [4.69, 9.17) is 0 Å². The van der Waals surface area contributed by atoms with E-state index in [1.807, 2.05) is 36.5 Å². The van der Waals surface area contributed by atoms with Crippen LogP contribution in [-0.4, -0.2) is 19.7 Å². The van der Waals surface area contributed by atoms with Crippen molar-refractivity contribution in [2.75, 3.05) is 0 Å². The predicted octanol–water partition coefficient (Wildman–Crippen LogP) is 2.03. The van der Waals surface area contributed by atoms with Crippen LogP contribution in [0.5, 0.6) is 5.75 Å². The van der Waals surface area contributed by atoms with Gasteiger partial charge in [0.1, 0.15) is 5.75 Å². The third kappa shape index (κ3) is 1.97. The highest BCUT2D eigenvalue weighted by Gasteiger charge is 2.04. The molecule has 3 rings (SSSR count). The molecular formula is C13H11N3O. The summed E-state index contributed by atoms with van der Waals surface area (Å²) in [5, 5.41) is 13.7. The molecule has 0 aliphatic rings. The largest absolute Gasteiger partial charge is 0.508 e. The Kier molecular flexibility index (Phi) is 2.26. The van der Waals surface area contributed by atoms with Crippen molar-refractivity contribution in [2.24, 2.45) is 0 Å². The fraction of sp³-hybridized carbons (Fsp3) is 0.0769. The molecule has 0 fully saturated rings. The highest BCUT2D eigenvalue weighted by molar-refractivity contribution is 5.37. The molecule has 17 heavy (non-hydrogen) atoms. The van der Waals surface area contributed by atoms with Crippen LogP contribution < -0.4 is 0 Å². The molecule has 4 heteroatoms. The van der Waals surface area contributed by atoms with Gasteiger partial charge in [-0.3, -0.25) is 0 Å². The highest BCUT2D eigenvalue weighted by Crippen LogP contribution is 2.13. The average molecular weight is 225 g/mol. The normalized spacial score (nSPS) is 10.8. The first-order chi connectivity index (χ1) is 8.31. The number of phenols is 1. The van der Waals surface area contributed by atoms with E-state index in [1.54, 1.807) is 16.6 Å². The minimum atomic E-state index is 0.270. The van der Waals surface area contributed by atoms with Gasteiger partial charge in [-0.15, -0.1) is 0 Å². The van der Waals surface area contributed by atoms with E-state index in [2.05, 4.69) is 10.1 Å². The van der Waals surface area contributed by atoms with Crippen molar-refractivity contribution in [2.45, 2.75) is 6.42 Å². The van der Waals surface area contributed by atoms with Crippen molar-refractivity contribution in [1.82, 2.24) is 14.6 Å². The number of nitrogens with zero attached hydrogens (tertiary/aromatic N) is 3. The number of pyridine rings is 1. The summed E-state index contributed by atoms with van der Waals surface area (Å²) < 4.78 is 1.75. The zero-order valence-electron chi connectivity index (χ0n) is 9.11. The van der Waals surface area contributed by atoms with Gasteiger partial charge in [0.2, 0.25) is 0 Å². The van der Waals surface area contributed by atoms with E-state index >= 15 is 0 Å². The van der Waals surface area contributed by atoms with Gasteiger partial charge in [-0.1, -0.05) is 18.2 Å². The Morgan fingerprint density at radius 2 is 2.06 bits per heavy atom. The van der Waals surface area contributed by atoms with Crippen LogP contribution in [0.4, 0.5) is 0 Å². The molecular weight excluding hydrogens is 214 g/mol. The van der Waals surface area contributed by atoms with Crippen LogP contribution in [0.2, 0.25) is 0 Å². The molecule has 2 heterocycles. The molecule has 0 aliphatic heterocycles. The van der Waals surface area contributed by atoms with Crippen LogP contribution in [0.25, 0.3) is 5.65 Å². The molecule has 0 unspecified atom stereocenters. The molecule has 4 nitrogen and oxygen atoms in total. The maximum atomic E-state index is 9.38. The van der Waals surface area contributed by atoms with Crippen molar-refractivity contribution in [3.63, 3.8) is 0 Å². The van der Waals surface area contributed by atoms with Crippen molar-refractivity contribution >= 4 is 5.65 Å². The molecule has 0 radical (unpaired) electrons. The Labute approximate surface area is 98.2 Å². The topological polar surface area (TPSA) is 50.4 Å². The summed E-state index contributed by atoms with van der Waals surface area (Å²) in [5.74, 6) is 1.02. The molecule has 1 aromatic carbocycles. The highest BCUT2D eigenvalue weighted by atomic mass is 16.3. The second-order valence-electron chi connectivity index (χ2n) is 3.88. The fourth-order valence-electron chi connectivity index (χ4n) is 1.80. The quantitative estimate of drug-likeness (QED) is 0.726. The lowest BCUT2D eigenvalue weighted by atomic mass is 10.1. The number of hydrogen-bond donors (Lipinski definition) is 1. The monoisotopic (exact) mass is 225 g/mol. The van der Waals surface area contributed by atoms with Gasteiger partial charge >= 0.3 is 0 Å². The lowest BCUT2D eigenvalue weighted by Gasteiger charge is -1.97. The van der Waals surface area contributed by atoms with Crippen molar-refractivity contribution in [3.8, 4) is 5.75 Å². The summed E-state index contributed by atoms with van der Waals surface area (Å²) in [5.41, 5.74) is 1.84. The Morgan fingerprint density at radius 1 is 1.12 bits per heavy atom. The summed E-state index contributed by atoms with van der Waals surface area (Å²) in [6, 6.07) is 12.9. The van der Waals surface area contributed by atoms with Gasteiger partial charge in [0, 0.05) is 12.6 Å². The summed E-state index contributed by atoms with van der Waals surface area (Å²) in [6.07, 6.45) is 2.49. The smallest absolute Gasteiger partial charge is 0.156 e. The first kappa shape index (κ1) is 9.84. The maximum Gasteiger partial charge on any atom is 0.156 e. The number of hydrogen-bond acceptors (Lipinski definition) is 3. The molecule has 1 N–H and O–H groups in total. The predicted molar refractivity (Wildman–Crippen MR) is 63.9 cm³/mol. The molecule has 0 saturated heterocycles. The third-order valence-corrected chi connectivity index (χ3v) is 2.56. The number of benzene rings is 1. The summed E-state index contributed by atoms with van der Waals surface area (Å²) in [4.78, 5) is 4.41. The number of fused-ring (bicyclic) bond motifs is 1. The Balaban J connectivity index is 1.94. The minimum absolute atomic E-state index is 0.270. The second kappa shape index (κ2) is 3.90. The van der Waals surface area contributed by atoms with Crippen LogP contribution in [0.1, 0.15) is 11.4 Å². The molecule has 84 valence electrons. The zero-order valence-corrected chi connectivity index (χ0v) is 9.11. The molecule has 3 aromatic rings. The molecule has 0 amide bonds. The van der Waals surface area contributed by atoms with Gasteiger partial charge in [-0.25, -0.2) is 9.50 Å². The number of rotatable bonds is 2. The van der Waals surface area contributed by atoms with Gasteiger partial charge in [-0.05, 0) is 29.8 Å². The van der Waals surface area contributed by atoms with E-state index in [0.29, 0.717) is 6.42 Å². The van der Waals surface area contributed by atoms with Crippen molar-refractivity contribution in [1.29, 1.82) is 0 Å². The van der Waals surface area contributed by atoms with Gasteiger partial charge in [0.25, 0.3) is 0 Å². The number of phenolic OH excluding ortho intramolecular Hbond substituents is 1. The van der Waals surface area contributed by atoms with E-state index < -0.39 is 0 Å². The van der Waals surface area contributed by atoms with Crippen LogP contribution in [0.3, 0.4) is 0 Å². The van der Waals surface area contributed by atoms with Gasteiger partial charge < -0.3 is 5.11 Å². The van der Waals surface area contributed by atoms with Crippen LogP contribution in [-0.2, 0) is 6.42 Å². The maximum absolute atomic E-state index is 9.38. The first-order valence-electron chi connectivity index (χ1n) is 5.39. The van der Waals surface area contributed by atoms with Gasteiger partial charge in [-0.2, -0.15) is 5.10 Å². The summed E-state index contributed by atoms with van der Waals surface area (Å²) in [7, 11) is 0. The summed E-state index contributed by atoms with van der Waals surface area (Å²) in [6.45, 7) is 0. The molecule has 0 atom stereocenters. The number of aromatic hydroxyl groups is 1. The van der Waals surface area contributed by atoms with E-state index in [0.717, 1.165) is 17.0 Å². The van der Waals surface area contributed by atoms with E-state index in [9.17, 15) is 5.11 Å². The molecule has 0 saturated carbocycles.